The minimum Gasteiger partial charge on any atom is -0.483 e. The normalized spacial score (nSPS) is 11.1. The zero-order chi connectivity index (χ0) is 25.3. The van der Waals surface area contributed by atoms with E-state index in [9.17, 15) is 9.18 Å². The molecule has 2 heterocycles. The van der Waals surface area contributed by atoms with E-state index >= 15 is 0 Å². The Bertz CT molecular complexity index is 1370. The Hall–Kier alpha value is -2.71. The fourth-order valence-electron chi connectivity index (χ4n) is 3.43. The Kier molecular flexibility index (Phi) is 7.62. The van der Waals surface area contributed by atoms with Gasteiger partial charge >= 0.3 is 0 Å². The second-order valence-electron chi connectivity index (χ2n) is 7.61. The van der Waals surface area contributed by atoms with Gasteiger partial charge in [-0.1, -0.05) is 52.5 Å². The standard InChI is InChI=1S/C24H18Cl4FN3O3/c1-12-22(13(2)32(31-12)10-16-17(26)4-3-5-20(16)29)30-24(33)21-7-6-15(35-21)11-34-23-18(27)8-14(25)9-19(23)28/h3-9H,10-11H2,1-2H3,(H,30,33). The Balaban J connectivity index is 1.45. The van der Waals surface area contributed by atoms with E-state index in [-0.39, 0.29) is 34.7 Å². The van der Waals surface area contributed by atoms with E-state index in [0.717, 1.165) is 0 Å². The molecule has 0 atom stereocenters. The minimum absolute atomic E-state index is 0.00621. The molecule has 0 aliphatic rings. The first kappa shape index (κ1) is 25.4. The number of hydrogen-bond donors (Lipinski definition) is 1. The number of carbonyl (C=O) groups is 1. The number of carbonyl (C=O) groups excluding carboxylic acids is 1. The molecule has 1 amide bonds. The van der Waals surface area contributed by atoms with Gasteiger partial charge in [0.15, 0.2) is 11.5 Å². The van der Waals surface area contributed by atoms with Crippen LogP contribution in [0.5, 0.6) is 5.75 Å². The predicted octanol–water partition coefficient (Wildman–Crippen LogP) is 7.73. The number of rotatable bonds is 7. The van der Waals surface area contributed by atoms with Crippen LogP contribution in [0.25, 0.3) is 0 Å². The molecule has 1 N–H and O–H groups in total. The van der Waals surface area contributed by atoms with Crippen LogP contribution >= 0.6 is 46.4 Å². The number of nitrogens with one attached hydrogen (secondary N) is 1. The Morgan fingerprint density at radius 2 is 1.80 bits per heavy atom. The summed E-state index contributed by atoms with van der Waals surface area (Å²) in [5, 5.41) is 8.42. The van der Waals surface area contributed by atoms with Crippen molar-refractivity contribution < 1.29 is 18.3 Å². The maximum atomic E-state index is 14.2. The number of hydrogen-bond acceptors (Lipinski definition) is 4. The van der Waals surface area contributed by atoms with Gasteiger partial charge in [0, 0.05) is 15.6 Å². The second kappa shape index (κ2) is 10.5. The molecule has 11 heteroatoms. The molecular formula is C24H18Cl4FN3O3. The highest BCUT2D eigenvalue weighted by molar-refractivity contribution is 6.40. The first-order valence-corrected chi connectivity index (χ1v) is 11.8. The first-order valence-electron chi connectivity index (χ1n) is 10.3. The van der Waals surface area contributed by atoms with Crippen LogP contribution < -0.4 is 10.1 Å². The summed E-state index contributed by atoms with van der Waals surface area (Å²) >= 11 is 24.3. The predicted molar refractivity (Wildman–Crippen MR) is 135 cm³/mol. The molecule has 0 aliphatic carbocycles. The van der Waals surface area contributed by atoms with E-state index in [1.165, 1.54) is 30.3 Å². The van der Waals surface area contributed by atoms with E-state index in [1.807, 2.05) is 0 Å². The summed E-state index contributed by atoms with van der Waals surface area (Å²) in [6, 6.07) is 10.6. The molecule has 0 fully saturated rings. The average Bonchev–Trinajstić information content (AvgIpc) is 3.36. The van der Waals surface area contributed by atoms with Crippen molar-refractivity contribution in [2.24, 2.45) is 0 Å². The van der Waals surface area contributed by atoms with Crippen molar-refractivity contribution in [2.45, 2.75) is 27.0 Å². The number of furan rings is 1. The highest BCUT2D eigenvalue weighted by Gasteiger charge is 2.19. The summed E-state index contributed by atoms with van der Waals surface area (Å²) in [6.07, 6.45) is 0. The maximum Gasteiger partial charge on any atom is 0.291 e. The van der Waals surface area contributed by atoms with Gasteiger partial charge in [0.1, 0.15) is 18.2 Å². The third-order valence-corrected chi connectivity index (χ3v) is 6.33. The highest BCUT2D eigenvalue weighted by Crippen LogP contribution is 2.36. The number of aryl methyl sites for hydroxylation is 1. The number of halogens is 5. The van der Waals surface area contributed by atoms with Gasteiger partial charge in [-0.05, 0) is 50.2 Å². The molecule has 0 saturated carbocycles. The first-order chi connectivity index (χ1) is 16.6. The Morgan fingerprint density at radius 3 is 2.49 bits per heavy atom. The van der Waals surface area contributed by atoms with E-state index in [0.29, 0.717) is 38.4 Å². The van der Waals surface area contributed by atoms with Crippen molar-refractivity contribution in [2.75, 3.05) is 5.32 Å². The van der Waals surface area contributed by atoms with Gasteiger partial charge in [-0.3, -0.25) is 9.48 Å². The third kappa shape index (κ3) is 5.59. The van der Waals surface area contributed by atoms with Crippen LogP contribution in [-0.4, -0.2) is 15.7 Å². The lowest BCUT2D eigenvalue weighted by atomic mass is 10.2. The average molecular weight is 557 g/mol. The van der Waals surface area contributed by atoms with E-state index in [2.05, 4.69) is 10.4 Å². The molecular weight excluding hydrogens is 539 g/mol. The van der Waals surface area contributed by atoms with Crippen LogP contribution in [0.2, 0.25) is 20.1 Å². The Labute approximate surface area is 220 Å². The fourth-order valence-corrected chi connectivity index (χ4v) is 4.58. The number of aromatic nitrogens is 2. The van der Waals surface area contributed by atoms with Crippen molar-refractivity contribution in [3.05, 3.63) is 96.8 Å². The van der Waals surface area contributed by atoms with Crippen LogP contribution in [0, 0.1) is 19.7 Å². The summed E-state index contributed by atoms with van der Waals surface area (Å²) in [6.45, 7) is 3.62. The van der Waals surface area contributed by atoms with Crippen LogP contribution in [-0.2, 0) is 13.2 Å². The van der Waals surface area contributed by atoms with Crippen molar-refractivity contribution >= 4 is 58.0 Å². The van der Waals surface area contributed by atoms with E-state index in [4.69, 9.17) is 55.6 Å². The minimum atomic E-state index is -0.478. The molecule has 0 aliphatic heterocycles. The van der Waals surface area contributed by atoms with Crippen molar-refractivity contribution in [1.29, 1.82) is 0 Å². The summed E-state index contributed by atoms with van der Waals surface area (Å²) in [5.41, 5.74) is 2.01. The van der Waals surface area contributed by atoms with Crippen molar-refractivity contribution in [3.8, 4) is 5.75 Å². The monoisotopic (exact) mass is 555 g/mol. The molecule has 6 nitrogen and oxygen atoms in total. The quantitative estimate of drug-likeness (QED) is 0.253. The molecule has 0 spiro atoms. The SMILES string of the molecule is Cc1nn(Cc2c(F)cccc2Cl)c(C)c1NC(=O)c1ccc(COc2c(Cl)cc(Cl)cc2Cl)o1. The van der Waals surface area contributed by atoms with Crippen molar-refractivity contribution in [3.63, 3.8) is 0 Å². The number of nitrogens with zero attached hydrogens (tertiary/aromatic N) is 2. The van der Waals surface area contributed by atoms with Gasteiger partial charge in [0.25, 0.3) is 5.91 Å². The van der Waals surface area contributed by atoms with Crippen LogP contribution in [0.3, 0.4) is 0 Å². The van der Waals surface area contributed by atoms with Crippen molar-refractivity contribution in [1.82, 2.24) is 9.78 Å². The number of amides is 1. The van der Waals surface area contributed by atoms with Crippen LogP contribution in [0.15, 0.2) is 46.9 Å². The molecule has 0 radical (unpaired) electrons. The lowest BCUT2D eigenvalue weighted by Gasteiger charge is -2.09. The molecule has 2 aromatic carbocycles. The van der Waals surface area contributed by atoms with Gasteiger partial charge in [-0.2, -0.15) is 5.10 Å². The highest BCUT2D eigenvalue weighted by atomic mass is 35.5. The van der Waals surface area contributed by atoms with Crippen LogP contribution in [0.1, 0.15) is 33.3 Å². The summed E-state index contributed by atoms with van der Waals surface area (Å²) in [5.74, 6) is -0.194. The second-order valence-corrected chi connectivity index (χ2v) is 9.27. The fraction of sp³-hybridized carbons (Fsp3) is 0.167. The van der Waals surface area contributed by atoms with Gasteiger partial charge in [-0.15, -0.1) is 0 Å². The largest absolute Gasteiger partial charge is 0.483 e. The Morgan fingerprint density at radius 1 is 1.09 bits per heavy atom. The van der Waals surface area contributed by atoms with E-state index in [1.54, 1.807) is 30.7 Å². The smallest absolute Gasteiger partial charge is 0.291 e. The molecule has 2 aromatic heterocycles. The number of ether oxygens (including phenoxy) is 1. The topological polar surface area (TPSA) is 69.3 Å². The summed E-state index contributed by atoms with van der Waals surface area (Å²) < 4.78 is 27.0. The molecule has 4 aromatic rings. The molecule has 35 heavy (non-hydrogen) atoms. The summed E-state index contributed by atoms with van der Waals surface area (Å²) in [4.78, 5) is 12.8. The zero-order valence-corrected chi connectivity index (χ0v) is 21.5. The third-order valence-electron chi connectivity index (χ3n) is 5.20. The zero-order valence-electron chi connectivity index (χ0n) is 18.5. The van der Waals surface area contributed by atoms with Crippen LogP contribution in [0.4, 0.5) is 10.1 Å². The number of benzene rings is 2. The summed E-state index contributed by atoms with van der Waals surface area (Å²) in [7, 11) is 0. The maximum absolute atomic E-state index is 14.2. The van der Waals surface area contributed by atoms with Gasteiger partial charge in [0.05, 0.1) is 33.7 Å². The molecule has 4 rings (SSSR count). The lowest BCUT2D eigenvalue weighted by Crippen LogP contribution is -2.13. The van der Waals surface area contributed by atoms with Gasteiger partial charge in [-0.25, -0.2) is 4.39 Å². The van der Waals surface area contributed by atoms with Gasteiger partial charge < -0.3 is 14.5 Å². The molecule has 0 unspecified atom stereocenters. The van der Waals surface area contributed by atoms with E-state index < -0.39 is 11.7 Å². The lowest BCUT2D eigenvalue weighted by molar-refractivity contribution is 0.0992. The van der Waals surface area contributed by atoms with Gasteiger partial charge in [0.2, 0.25) is 0 Å². The molecule has 182 valence electrons. The number of anilines is 1. The molecule has 0 saturated heterocycles. The molecule has 0 bridgehead atoms.